The fourth-order valence-electron chi connectivity index (χ4n) is 6.02. The molecular formula is C31H38ClNO3S. The van der Waals surface area contributed by atoms with Crippen molar-refractivity contribution in [2.45, 2.75) is 69.1 Å². The van der Waals surface area contributed by atoms with E-state index in [-0.39, 0.29) is 11.4 Å². The van der Waals surface area contributed by atoms with Gasteiger partial charge in [-0.1, -0.05) is 23.7 Å². The average molecular weight is 540 g/mol. The molecule has 4 nitrogen and oxygen atoms in total. The Labute approximate surface area is 230 Å². The maximum Gasteiger partial charge on any atom is 0.338 e. The van der Waals surface area contributed by atoms with Crippen molar-refractivity contribution in [2.75, 3.05) is 30.3 Å². The zero-order valence-electron chi connectivity index (χ0n) is 22.2. The van der Waals surface area contributed by atoms with Crippen LogP contribution in [0.25, 0.3) is 0 Å². The second kappa shape index (κ2) is 10.6. The van der Waals surface area contributed by atoms with Crippen LogP contribution in [-0.2, 0) is 16.6 Å². The van der Waals surface area contributed by atoms with Crippen molar-refractivity contribution in [1.29, 1.82) is 0 Å². The van der Waals surface area contributed by atoms with E-state index in [9.17, 15) is 4.79 Å². The Balaban J connectivity index is 1.51. The van der Waals surface area contributed by atoms with Crippen molar-refractivity contribution < 1.29 is 14.3 Å². The first-order valence-corrected chi connectivity index (χ1v) is 14.9. The van der Waals surface area contributed by atoms with Crippen LogP contribution in [-0.4, -0.2) is 42.3 Å². The van der Waals surface area contributed by atoms with Gasteiger partial charge in [0.15, 0.2) is 0 Å². The lowest BCUT2D eigenvalue weighted by atomic mass is 9.70. The van der Waals surface area contributed by atoms with Gasteiger partial charge in [-0.2, -0.15) is 11.8 Å². The molecule has 198 valence electrons. The van der Waals surface area contributed by atoms with Crippen LogP contribution in [0, 0.1) is 5.92 Å². The van der Waals surface area contributed by atoms with E-state index in [1.165, 1.54) is 24.0 Å². The third-order valence-electron chi connectivity index (χ3n) is 7.90. The largest absolute Gasteiger partial charge is 0.490 e. The second-order valence-corrected chi connectivity index (χ2v) is 13.5. The monoisotopic (exact) mass is 539 g/mol. The van der Waals surface area contributed by atoms with E-state index >= 15 is 0 Å². The molecule has 0 unspecified atom stereocenters. The molecule has 0 saturated heterocycles. The maximum absolute atomic E-state index is 13.0. The van der Waals surface area contributed by atoms with Gasteiger partial charge in [0.1, 0.15) is 11.4 Å². The summed E-state index contributed by atoms with van der Waals surface area (Å²) in [5.74, 6) is 2.14. The Morgan fingerprint density at radius 1 is 1.27 bits per heavy atom. The van der Waals surface area contributed by atoms with Crippen LogP contribution in [0.1, 0.15) is 67.9 Å². The van der Waals surface area contributed by atoms with Crippen LogP contribution in [0.2, 0.25) is 5.02 Å². The van der Waals surface area contributed by atoms with Gasteiger partial charge >= 0.3 is 5.97 Å². The summed E-state index contributed by atoms with van der Waals surface area (Å²) in [4.78, 5) is 15.5. The highest BCUT2D eigenvalue weighted by Gasteiger charge is 2.43. The van der Waals surface area contributed by atoms with Crippen LogP contribution in [0.5, 0.6) is 5.75 Å². The number of carbonyl (C=O) groups excluding carboxylic acids is 1. The molecule has 37 heavy (non-hydrogen) atoms. The van der Waals surface area contributed by atoms with E-state index < -0.39 is 5.60 Å². The Kier molecular flexibility index (Phi) is 7.57. The van der Waals surface area contributed by atoms with E-state index in [1.807, 2.05) is 62.9 Å². The summed E-state index contributed by atoms with van der Waals surface area (Å²) < 4.78 is 12.3. The summed E-state index contributed by atoms with van der Waals surface area (Å²) in [5.41, 5.74) is 3.61. The zero-order valence-corrected chi connectivity index (χ0v) is 23.8. The van der Waals surface area contributed by atoms with E-state index in [0.717, 1.165) is 54.6 Å². The Morgan fingerprint density at radius 3 is 2.84 bits per heavy atom. The van der Waals surface area contributed by atoms with Gasteiger partial charge in [-0.05, 0) is 100 Å². The second-order valence-electron chi connectivity index (χ2n) is 11.8. The van der Waals surface area contributed by atoms with Crippen LogP contribution >= 0.6 is 23.4 Å². The van der Waals surface area contributed by atoms with Gasteiger partial charge in [-0.15, -0.1) is 6.58 Å². The number of carbonyl (C=O) groups is 1. The number of anilines is 1. The molecule has 1 spiro atoms. The van der Waals surface area contributed by atoms with Gasteiger partial charge in [0.2, 0.25) is 0 Å². The van der Waals surface area contributed by atoms with E-state index in [4.69, 9.17) is 21.1 Å². The summed E-state index contributed by atoms with van der Waals surface area (Å²) in [6.07, 6.45) is 7.73. The summed E-state index contributed by atoms with van der Waals surface area (Å²) in [7, 11) is 0. The number of rotatable bonds is 6. The van der Waals surface area contributed by atoms with Crippen molar-refractivity contribution in [3.05, 3.63) is 70.8 Å². The Morgan fingerprint density at radius 2 is 2.11 bits per heavy atom. The Hall–Kier alpha value is -2.11. The number of halogens is 1. The number of aryl methyl sites for hydroxylation is 1. The molecule has 0 radical (unpaired) electrons. The lowest BCUT2D eigenvalue weighted by Gasteiger charge is -2.44. The molecule has 6 heteroatoms. The number of hydrogen-bond donors (Lipinski definition) is 0. The van der Waals surface area contributed by atoms with E-state index in [0.29, 0.717) is 23.3 Å². The van der Waals surface area contributed by atoms with Crippen molar-refractivity contribution in [1.82, 2.24) is 0 Å². The molecule has 0 bridgehead atoms. The van der Waals surface area contributed by atoms with Crippen molar-refractivity contribution in [2.24, 2.45) is 5.92 Å². The lowest BCUT2D eigenvalue weighted by molar-refractivity contribution is 0.00695. The molecule has 1 fully saturated rings. The van der Waals surface area contributed by atoms with Gasteiger partial charge in [-0.3, -0.25) is 0 Å². The quantitative estimate of drug-likeness (QED) is 0.281. The molecule has 5 rings (SSSR count). The zero-order chi connectivity index (χ0) is 26.2. The molecule has 2 aromatic carbocycles. The number of thioether (sulfide) groups is 1. The SMILES string of the molecule is C=CCS[C@H]1CC[C@H]1CN1C[C@@]2(CCCc3cc(Cl)ccc32)COc2ccc(C(=O)OC(C)(C)C)cc21. The predicted molar refractivity (Wildman–Crippen MR) is 155 cm³/mol. The molecule has 3 aliphatic rings. The molecule has 2 aromatic rings. The standard InChI is InChI=1S/C31H38ClNO3S/c1-5-15-37-28-13-9-23(28)18-33-19-31(14-6-7-21-16-24(32)10-11-25(21)31)20-35-27-12-8-22(17-26(27)33)29(34)36-30(2,3)4/h5,8,10-12,16-17,23,28H,1,6-7,9,13-15,18-20H2,2-4H3/t23-,28-,31-/m0/s1. The minimum atomic E-state index is -0.543. The molecule has 1 saturated carbocycles. The van der Waals surface area contributed by atoms with Gasteiger partial charge in [0.25, 0.3) is 0 Å². The first kappa shape index (κ1) is 26.5. The first-order chi connectivity index (χ1) is 17.7. The third-order valence-corrected chi connectivity index (χ3v) is 9.61. The summed E-state index contributed by atoms with van der Waals surface area (Å²) >= 11 is 8.40. The minimum absolute atomic E-state index is 0.114. The molecule has 2 aliphatic carbocycles. The number of nitrogens with zero attached hydrogens (tertiary/aromatic N) is 1. The molecule has 0 N–H and O–H groups in total. The minimum Gasteiger partial charge on any atom is -0.490 e. The highest BCUT2D eigenvalue weighted by molar-refractivity contribution is 8.00. The predicted octanol–water partition coefficient (Wildman–Crippen LogP) is 7.47. The van der Waals surface area contributed by atoms with Gasteiger partial charge in [0.05, 0.1) is 17.9 Å². The molecule has 1 heterocycles. The molecule has 1 aliphatic heterocycles. The van der Waals surface area contributed by atoms with Crippen molar-refractivity contribution in [3.63, 3.8) is 0 Å². The molecule has 0 aromatic heterocycles. The highest BCUT2D eigenvalue weighted by Crippen LogP contribution is 2.46. The smallest absolute Gasteiger partial charge is 0.338 e. The topological polar surface area (TPSA) is 38.8 Å². The maximum atomic E-state index is 13.0. The number of esters is 1. The molecule has 0 amide bonds. The third kappa shape index (κ3) is 5.68. The summed E-state index contributed by atoms with van der Waals surface area (Å²) in [6, 6.07) is 12.1. The van der Waals surface area contributed by atoms with Crippen LogP contribution in [0.15, 0.2) is 49.1 Å². The number of benzene rings is 2. The van der Waals surface area contributed by atoms with Crippen molar-refractivity contribution in [3.8, 4) is 5.75 Å². The highest BCUT2D eigenvalue weighted by atomic mass is 35.5. The average Bonchev–Trinajstić information content (AvgIpc) is 2.98. The first-order valence-electron chi connectivity index (χ1n) is 13.4. The number of ether oxygens (including phenoxy) is 2. The number of hydrogen-bond acceptors (Lipinski definition) is 5. The normalized spacial score (nSPS) is 24.8. The number of fused-ring (bicyclic) bond motifs is 3. The Bertz CT molecular complexity index is 1180. The molecular weight excluding hydrogens is 502 g/mol. The van der Waals surface area contributed by atoms with Crippen molar-refractivity contribution >= 4 is 35.0 Å². The van der Waals surface area contributed by atoms with Crippen LogP contribution < -0.4 is 9.64 Å². The summed E-state index contributed by atoms with van der Waals surface area (Å²) in [6.45, 7) is 12.0. The fourth-order valence-corrected chi connectivity index (χ4v) is 7.39. The van der Waals surface area contributed by atoms with Crippen LogP contribution in [0.4, 0.5) is 5.69 Å². The van der Waals surface area contributed by atoms with Gasteiger partial charge in [0, 0.05) is 34.5 Å². The van der Waals surface area contributed by atoms with E-state index in [1.54, 1.807) is 0 Å². The van der Waals surface area contributed by atoms with Gasteiger partial charge in [-0.25, -0.2) is 4.79 Å². The van der Waals surface area contributed by atoms with Gasteiger partial charge < -0.3 is 14.4 Å². The lowest BCUT2D eigenvalue weighted by Crippen LogP contribution is -2.49. The van der Waals surface area contributed by atoms with Crippen LogP contribution in [0.3, 0.4) is 0 Å². The fraction of sp³-hybridized carbons (Fsp3) is 0.516. The van der Waals surface area contributed by atoms with E-state index in [2.05, 4.69) is 23.6 Å². The molecule has 3 atom stereocenters. The summed E-state index contributed by atoms with van der Waals surface area (Å²) in [5, 5.41) is 1.44.